The van der Waals surface area contributed by atoms with Gasteiger partial charge in [0.1, 0.15) is 0 Å². The van der Waals surface area contributed by atoms with Gasteiger partial charge in [0.2, 0.25) is 0 Å². The highest BCUT2D eigenvalue weighted by molar-refractivity contribution is 9.10. The van der Waals surface area contributed by atoms with Gasteiger partial charge in [0.25, 0.3) is 0 Å². The van der Waals surface area contributed by atoms with E-state index in [2.05, 4.69) is 28.1 Å². The number of aryl methyl sites for hydroxylation is 1. The van der Waals surface area contributed by atoms with Crippen molar-refractivity contribution in [3.05, 3.63) is 33.8 Å². The molecule has 0 heterocycles. The monoisotopic (exact) mass is 256 g/mol. The molecule has 14 heavy (non-hydrogen) atoms. The van der Waals surface area contributed by atoms with Crippen LogP contribution in [0.4, 0.5) is 0 Å². The zero-order valence-corrected chi connectivity index (χ0v) is 10.6. The predicted molar refractivity (Wildman–Crippen MR) is 63.4 cm³/mol. The summed E-state index contributed by atoms with van der Waals surface area (Å²) < 4.78 is 1.04. The van der Waals surface area contributed by atoms with E-state index in [1.54, 1.807) is 0 Å². The van der Waals surface area contributed by atoms with Gasteiger partial charge >= 0.3 is 0 Å². The summed E-state index contributed by atoms with van der Waals surface area (Å²) in [6, 6.07) is 6.10. The molecule has 1 nitrogen and oxygen atoms in total. The Labute approximate surface area is 94.3 Å². The summed E-state index contributed by atoms with van der Waals surface area (Å²) >= 11 is 3.45. The summed E-state index contributed by atoms with van der Waals surface area (Å²) in [5.41, 5.74) is 1.51. The van der Waals surface area contributed by atoms with Gasteiger partial charge in [-0.15, -0.1) is 0 Å². The van der Waals surface area contributed by atoms with Crippen molar-refractivity contribution < 1.29 is 5.11 Å². The number of halogens is 1. The zero-order valence-electron chi connectivity index (χ0n) is 8.97. The lowest BCUT2D eigenvalue weighted by Gasteiger charge is -2.26. The molecule has 0 aromatic heterocycles. The molecule has 0 spiro atoms. The number of aliphatic hydroxyl groups is 1. The van der Waals surface area contributed by atoms with Gasteiger partial charge < -0.3 is 5.11 Å². The molecule has 0 aliphatic rings. The molecular formula is C12H17BrO. The van der Waals surface area contributed by atoms with E-state index in [1.165, 1.54) is 5.56 Å². The van der Waals surface area contributed by atoms with Gasteiger partial charge in [0, 0.05) is 4.47 Å². The van der Waals surface area contributed by atoms with Crippen LogP contribution in [0.1, 0.15) is 37.8 Å². The summed E-state index contributed by atoms with van der Waals surface area (Å²) in [5, 5.41) is 10.3. The molecule has 0 aliphatic heterocycles. The van der Waals surface area contributed by atoms with Gasteiger partial charge in [-0.3, -0.25) is 0 Å². The number of benzene rings is 1. The largest absolute Gasteiger partial charge is 0.385 e. The fourth-order valence-corrected chi connectivity index (χ4v) is 2.27. The highest BCUT2D eigenvalue weighted by Gasteiger charge is 2.24. The first-order chi connectivity index (χ1) is 6.51. The first-order valence-corrected chi connectivity index (χ1v) is 5.81. The van der Waals surface area contributed by atoms with Crippen molar-refractivity contribution in [2.24, 2.45) is 0 Å². The summed E-state index contributed by atoms with van der Waals surface area (Å²) in [7, 11) is 0. The Morgan fingerprint density at radius 2 is 1.79 bits per heavy atom. The first kappa shape index (κ1) is 11.7. The summed E-state index contributed by atoms with van der Waals surface area (Å²) in [4.78, 5) is 0. The number of hydrogen-bond donors (Lipinski definition) is 1. The zero-order chi connectivity index (χ0) is 10.8. The maximum Gasteiger partial charge on any atom is 0.0891 e. The van der Waals surface area contributed by atoms with Gasteiger partial charge in [-0.1, -0.05) is 35.8 Å². The van der Waals surface area contributed by atoms with Crippen molar-refractivity contribution in [1.82, 2.24) is 0 Å². The molecular weight excluding hydrogens is 240 g/mol. The maximum absolute atomic E-state index is 10.3. The van der Waals surface area contributed by atoms with Crippen LogP contribution in [0.5, 0.6) is 0 Å². The smallest absolute Gasteiger partial charge is 0.0891 e. The molecule has 1 N–H and O–H groups in total. The van der Waals surface area contributed by atoms with Crippen LogP contribution in [0, 0.1) is 6.92 Å². The van der Waals surface area contributed by atoms with E-state index in [-0.39, 0.29) is 0 Å². The molecule has 2 heteroatoms. The molecule has 0 atom stereocenters. The first-order valence-electron chi connectivity index (χ1n) is 5.02. The molecule has 0 unspecified atom stereocenters. The molecule has 0 radical (unpaired) electrons. The van der Waals surface area contributed by atoms with Gasteiger partial charge in [-0.25, -0.2) is 0 Å². The molecule has 0 fully saturated rings. The summed E-state index contributed by atoms with van der Waals surface area (Å²) in [6.07, 6.45) is 1.50. The van der Waals surface area contributed by atoms with Crippen LogP contribution in [0.2, 0.25) is 0 Å². The lowest BCUT2D eigenvalue weighted by molar-refractivity contribution is 0.0283. The second kappa shape index (κ2) is 4.45. The van der Waals surface area contributed by atoms with E-state index >= 15 is 0 Å². The van der Waals surface area contributed by atoms with E-state index in [0.29, 0.717) is 0 Å². The summed E-state index contributed by atoms with van der Waals surface area (Å²) in [6.45, 7) is 6.07. The fourth-order valence-electron chi connectivity index (χ4n) is 1.66. The quantitative estimate of drug-likeness (QED) is 0.873. The minimum Gasteiger partial charge on any atom is -0.385 e. The molecule has 78 valence electrons. The highest BCUT2D eigenvalue weighted by atomic mass is 79.9. The van der Waals surface area contributed by atoms with Crippen LogP contribution < -0.4 is 0 Å². The van der Waals surface area contributed by atoms with Crippen molar-refractivity contribution in [3.8, 4) is 0 Å². The van der Waals surface area contributed by atoms with E-state index in [4.69, 9.17) is 0 Å². The van der Waals surface area contributed by atoms with Crippen LogP contribution in [0.25, 0.3) is 0 Å². The third-order valence-corrected chi connectivity index (χ3v) is 3.21. The Morgan fingerprint density at radius 3 is 2.21 bits per heavy atom. The van der Waals surface area contributed by atoms with E-state index in [9.17, 15) is 5.11 Å². The molecule has 1 rings (SSSR count). The second-order valence-corrected chi connectivity index (χ2v) is 4.67. The highest BCUT2D eigenvalue weighted by Crippen LogP contribution is 2.30. The molecule has 1 aromatic carbocycles. The molecule has 0 bridgehead atoms. The average molecular weight is 257 g/mol. The Morgan fingerprint density at radius 1 is 1.21 bits per heavy atom. The molecule has 0 saturated carbocycles. The van der Waals surface area contributed by atoms with Crippen LogP contribution >= 0.6 is 15.9 Å². The van der Waals surface area contributed by atoms with Crippen LogP contribution in [0.3, 0.4) is 0 Å². The molecule has 0 saturated heterocycles. The van der Waals surface area contributed by atoms with Crippen LogP contribution in [-0.4, -0.2) is 5.11 Å². The predicted octanol–water partition coefficient (Wildman–Crippen LogP) is 3.77. The lowest BCUT2D eigenvalue weighted by atomic mass is 9.88. The van der Waals surface area contributed by atoms with Gasteiger partial charge in [-0.05, 0) is 43.0 Å². The van der Waals surface area contributed by atoms with Crippen molar-refractivity contribution in [3.63, 3.8) is 0 Å². The average Bonchev–Trinajstić information content (AvgIpc) is 2.15. The minimum absolute atomic E-state index is 0.672. The SMILES string of the molecule is CCC(O)(CC)c1cc(C)cc(Br)c1. The van der Waals surface area contributed by atoms with Crippen molar-refractivity contribution in [2.45, 2.75) is 39.2 Å². The van der Waals surface area contributed by atoms with Gasteiger partial charge in [0.15, 0.2) is 0 Å². The number of rotatable bonds is 3. The lowest BCUT2D eigenvalue weighted by Crippen LogP contribution is -2.23. The minimum atomic E-state index is -0.672. The van der Waals surface area contributed by atoms with Crippen molar-refractivity contribution >= 4 is 15.9 Å². The van der Waals surface area contributed by atoms with Gasteiger partial charge in [0.05, 0.1) is 5.60 Å². The normalized spacial score (nSPS) is 11.8. The third kappa shape index (κ3) is 2.37. The topological polar surface area (TPSA) is 20.2 Å². The Hall–Kier alpha value is -0.340. The van der Waals surface area contributed by atoms with E-state index in [1.807, 2.05) is 26.8 Å². The molecule has 1 aromatic rings. The Kier molecular flexibility index (Phi) is 3.73. The Balaban J connectivity index is 3.17. The van der Waals surface area contributed by atoms with Gasteiger partial charge in [-0.2, -0.15) is 0 Å². The Bertz CT molecular complexity index is 296. The van der Waals surface area contributed by atoms with E-state index < -0.39 is 5.60 Å². The van der Waals surface area contributed by atoms with E-state index in [0.717, 1.165) is 22.9 Å². The van der Waals surface area contributed by atoms with Crippen molar-refractivity contribution in [2.75, 3.05) is 0 Å². The van der Waals surface area contributed by atoms with Crippen LogP contribution in [-0.2, 0) is 5.60 Å². The number of hydrogen-bond acceptors (Lipinski definition) is 1. The summed E-state index contributed by atoms with van der Waals surface area (Å²) in [5.74, 6) is 0. The molecule has 0 amide bonds. The maximum atomic E-state index is 10.3. The molecule has 0 aliphatic carbocycles. The fraction of sp³-hybridized carbons (Fsp3) is 0.500. The second-order valence-electron chi connectivity index (χ2n) is 3.76. The van der Waals surface area contributed by atoms with Crippen molar-refractivity contribution in [1.29, 1.82) is 0 Å². The van der Waals surface area contributed by atoms with Crippen LogP contribution in [0.15, 0.2) is 22.7 Å². The standard InChI is InChI=1S/C12H17BrO/c1-4-12(14,5-2)10-6-9(3)7-11(13)8-10/h6-8,14H,4-5H2,1-3H3. The third-order valence-electron chi connectivity index (χ3n) is 2.75.